The molecule has 3 aromatic rings. The summed E-state index contributed by atoms with van der Waals surface area (Å²) in [7, 11) is -4.26. The monoisotopic (exact) mass is 511 g/mol. The molecule has 2 aromatic heterocycles. The third-order valence-electron chi connectivity index (χ3n) is 5.55. The van der Waals surface area contributed by atoms with Crippen molar-refractivity contribution in [3.8, 4) is 11.6 Å². The number of nitrogens with one attached hydrogen (secondary N) is 1. The molecule has 0 bridgehead atoms. The Labute approximate surface area is 212 Å². The maximum Gasteiger partial charge on any atom is 0.281 e. The van der Waals surface area contributed by atoms with Crippen molar-refractivity contribution >= 4 is 15.9 Å². The maximum atomic E-state index is 13.2. The van der Waals surface area contributed by atoms with Crippen LogP contribution in [0.4, 0.5) is 0 Å². The van der Waals surface area contributed by atoms with E-state index in [-0.39, 0.29) is 28.5 Å². The number of nitrogens with zero attached hydrogens (tertiary/aromatic N) is 2. The maximum absolute atomic E-state index is 13.2. The van der Waals surface area contributed by atoms with E-state index in [1.165, 1.54) is 12.1 Å². The molecule has 0 spiro atoms. The lowest BCUT2D eigenvalue weighted by atomic mass is 9.91. The predicted molar refractivity (Wildman–Crippen MR) is 138 cm³/mol. The first-order valence-corrected chi connectivity index (χ1v) is 13.2. The Morgan fingerprint density at radius 3 is 2.31 bits per heavy atom. The molecule has 0 saturated heterocycles. The summed E-state index contributed by atoms with van der Waals surface area (Å²) in [6.07, 6.45) is 0.867. The summed E-state index contributed by atoms with van der Waals surface area (Å²) in [5, 5.41) is 8.75. The number of hydrogen-bond donors (Lipinski definition) is 2. The fourth-order valence-corrected chi connectivity index (χ4v) is 4.72. The SMILES string of the molecule is Cc1cc(C)c(Oc2nc(C(C)(C)C)ccc2C(=O)NS(=O)(=O)c2cccc(CCCO)n2)c(C)c1. The van der Waals surface area contributed by atoms with Gasteiger partial charge in [0.25, 0.3) is 15.9 Å². The highest BCUT2D eigenvalue weighted by Gasteiger charge is 2.26. The van der Waals surface area contributed by atoms with E-state index < -0.39 is 15.9 Å². The first-order valence-electron chi connectivity index (χ1n) is 11.7. The lowest BCUT2D eigenvalue weighted by Crippen LogP contribution is -2.32. The quantitative estimate of drug-likeness (QED) is 0.456. The highest BCUT2D eigenvalue weighted by Crippen LogP contribution is 2.33. The van der Waals surface area contributed by atoms with Crippen molar-refractivity contribution in [1.29, 1.82) is 0 Å². The number of amides is 1. The van der Waals surface area contributed by atoms with E-state index in [0.29, 0.717) is 30.0 Å². The van der Waals surface area contributed by atoms with Gasteiger partial charge in [0.05, 0.1) is 0 Å². The summed E-state index contributed by atoms with van der Waals surface area (Å²) >= 11 is 0. The van der Waals surface area contributed by atoms with Gasteiger partial charge < -0.3 is 9.84 Å². The fourth-order valence-electron chi connectivity index (χ4n) is 3.77. The van der Waals surface area contributed by atoms with Gasteiger partial charge >= 0.3 is 0 Å². The number of carbonyl (C=O) groups excluding carboxylic acids is 1. The van der Waals surface area contributed by atoms with Crippen molar-refractivity contribution in [2.75, 3.05) is 6.61 Å². The van der Waals surface area contributed by atoms with Gasteiger partial charge in [-0.2, -0.15) is 8.42 Å². The molecule has 0 fully saturated rings. The molecular formula is C27H33N3O5S. The highest BCUT2D eigenvalue weighted by atomic mass is 32.2. The lowest BCUT2D eigenvalue weighted by molar-refractivity contribution is 0.0978. The molecule has 2 N–H and O–H groups in total. The topological polar surface area (TPSA) is 118 Å². The first kappa shape index (κ1) is 27.3. The van der Waals surface area contributed by atoms with Gasteiger partial charge in [-0.1, -0.05) is 44.5 Å². The second-order valence-corrected chi connectivity index (χ2v) is 11.5. The van der Waals surface area contributed by atoms with Crippen LogP contribution >= 0.6 is 0 Å². The molecule has 1 aromatic carbocycles. The molecule has 8 nitrogen and oxygen atoms in total. The average molecular weight is 512 g/mol. The van der Waals surface area contributed by atoms with E-state index in [4.69, 9.17) is 9.84 Å². The molecule has 3 rings (SSSR count). The zero-order chi connectivity index (χ0) is 26.7. The molecule has 36 heavy (non-hydrogen) atoms. The molecule has 0 unspecified atom stereocenters. The van der Waals surface area contributed by atoms with E-state index in [9.17, 15) is 13.2 Å². The molecule has 1 amide bonds. The van der Waals surface area contributed by atoms with Gasteiger partial charge in [-0.15, -0.1) is 0 Å². The van der Waals surface area contributed by atoms with Crippen molar-refractivity contribution in [3.63, 3.8) is 0 Å². The Bertz CT molecular complexity index is 1360. The Morgan fingerprint density at radius 1 is 1.03 bits per heavy atom. The zero-order valence-electron chi connectivity index (χ0n) is 21.5. The number of aromatic nitrogens is 2. The number of aliphatic hydroxyl groups excluding tert-OH is 1. The van der Waals surface area contributed by atoms with Crippen LogP contribution in [-0.4, -0.2) is 36.0 Å². The summed E-state index contributed by atoms with van der Waals surface area (Å²) in [6, 6.07) is 11.7. The van der Waals surface area contributed by atoms with Gasteiger partial charge in [0.2, 0.25) is 5.88 Å². The summed E-state index contributed by atoms with van der Waals surface area (Å²) in [5.74, 6) is -0.285. The number of carbonyl (C=O) groups is 1. The normalized spacial score (nSPS) is 11.9. The van der Waals surface area contributed by atoms with Crippen LogP contribution in [0, 0.1) is 20.8 Å². The number of sulfonamides is 1. The van der Waals surface area contributed by atoms with Crippen LogP contribution in [0.25, 0.3) is 0 Å². The van der Waals surface area contributed by atoms with E-state index in [1.54, 1.807) is 18.2 Å². The summed E-state index contributed by atoms with van der Waals surface area (Å²) in [6.45, 7) is 11.7. The van der Waals surface area contributed by atoms with Crippen molar-refractivity contribution in [2.24, 2.45) is 0 Å². The summed E-state index contributed by atoms with van der Waals surface area (Å²) in [4.78, 5) is 21.9. The van der Waals surface area contributed by atoms with Crippen LogP contribution in [0.5, 0.6) is 11.6 Å². The molecule has 9 heteroatoms. The molecule has 0 aliphatic carbocycles. The van der Waals surface area contributed by atoms with Crippen LogP contribution in [0.1, 0.15) is 65.6 Å². The number of hydrogen-bond acceptors (Lipinski definition) is 7. The number of rotatable bonds is 8. The minimum absolute atomic E-state index is 0.0117. The largest absolute Gasteiger partial charge is 0.438 e. The van der Waals surface area contributed by atoms with Crippen molar-refractivity contribution in [2.45, 2.75) is 64.8 Å². The minimum atomic E-state index is -4.26. The average Bonchev–Trinajstić information content (AvgIpc) is 2.79. The van der Waals surface area contributed by atoms with E-state index in [2.05, 4.69) is 14.7 Å². The molecular weight excluding hydrogens is 478 g/mol. The molecule has 2 heterocycles. The van der Waals surface area contributed by atoms with Crippen LogP contribution < -0.4 is 9.46 Å². The highest BCUT2D eigenvalue weighted by molar-refractivity contribution is 7.90. The predicted octanol–water partition coefficient (Wildman–Crippen LogP) is 4.54. The number of pyridine rings is 2. The van der Waals surface area contributed by atoms with Gasteiger partial charge in [-0.3, -0.25) is 4.79 Å². The van der Waals surface area contributed by atoms with E-state index >= 15 is 0 Å². The number of benzene rings is 1. The van der Waals surface area contributed by atoms with Crippen molar-refractivity contribution in [3.05, 3.63) is 76.1 Å². The van der Waals surface area contributed by atoms with Crippen LogP contribution in [0.3, 0.4) is 0 Å². The van der Waals surface area contributed by atoms with Gasteiger partial charge in [0.1, 0.15) is 11.3 Å². The Balaban J connectivity index is 1.99. The molecule has 0 radical (unpaired) electrons. The van der Waals surface area contributed by atoms with Crippen LogP contribution in [-0.2, 0) is 21.9 Å². The Hall–Kier alpha value is -3.30. The van der Waals surface area contributed by atoms with Gasteiger partial charge in [-0.25, -0.2) is 14.7 Å². The number of aliphatic hydroxyl groups is 1. The lowest BCUT2D eigenvalue weighted by Gasteiger charge is -2.21. The van der Waals surface area contributed by atoms with Crippen molar-refractivity contribution in [1.82, 2.24) is 14.7 Å². The van der Waals surface area contributed by atoms with E-state index in [1.807, 2.05) is 53.7 Å². The summed E-state index contributed by atoms with van der Waals surface area (Å²) < 4.78 is 34.2. The fraction of sp³-hybridized carbons (Fsp3) is 0.370. The van der Waals surface area contributed by atoms with Gasteiger partial charge in [0.15, 0.2) is 5.03 Å². The molecule has 0 saturated carbocycles. The van der Waals surface area contributed by atoms with Crippen LogP contribution in [0.15, 0.2) is 47.5 Å². The standard InChI is InChI=1S/C27H33N3O5S/c1-17-15-18(2)24(19(3)16-17)35-26-21(12-13-22(29-26)27(4,5)6)25(32)30-36(33,34)23-11-7-9-20(28-23)10-8-14-31/h7,9,11-13,15-16,31H,8,10,14H2,1-6H3,(H,30,32). The molecule has 0 atom stereocenters. The second-order valence-electron chi connectivity index (χ2n) is 9.86. The van der Waals surface area contributed by atoms with Gasteiger partial charge in [-0.05, 0) is 69.0 Å². The molecule has 192 valence electrons. The third-order valence-corrected chi connectivity index (χ3v) is 6.78. The Kier molecular flexibility index (Phi) is 8.15. The summed E-state index contributed by atoms with van der Waals surface area (Å²) in [5.41, 5.74) is 3.68. The first-order chi connectivity index (χ1) is 16.8. The molecule has 0 aliphatic heterocycles. The van der Waals surface area contributed by atoms with E-state index in [0.717, 1.165) is 16.7 Å². The smallest absolute Gasteiger partial charge is 0.281 e. The Morgan fingerprint density at radius 2 is 1.69 bits per heavy atom. The molecule has 0 aliphatic rings. The second kappa shape index (κ2) is 10.8. The van der Waals surface area contributed by atoms with Crippen molar-refractivity contribution < 1.29 is 23.1 Å². The van der Waals surface area contributed by atoms with Gasteiger partial charge in [0, 0.05) is 23.4 Å². The zero-order valence-corrected chi connectivity index (χ0v) is 22.4. The number of ether oxygens (including phenoxy) is 1. The number of aryl methyl sites for hydroxylation is 4. The van der Waals surface area contributed by atoms with Crippen LogP contribution in [0.2, 0.25) is 0 Å². The third kappa shape index (κ3) is 6.47. The minimum Gasteiger partial charge on any atom is -0.438 e.